The maximum absolute atomic E-state index is 12.8. The van der Waals surface area contributed by atoms with Crippen LogP contribution in [0.5, 0.6) is 0 Å². The normalized spacial score (nSPS) is 11.2. The summed E-state index contributed by atoms with van der Waals surface area (Å²) in [4.78, 5) is 0. The van der Waals surface area contributed by atoms with Gasteiger partial charge in [-0.2, -0.15) is 0 Å². The molecule has 4 heteroatoms. The Morgan fingerprint density at radius 1 is 0.700 bits per heavy atom. The Morgan fingerprint density at radius 3 is 1.60 bits per heavy atom. The molecular formula is C16H10OPS2+. The number of benzene rings is 2. The van der Waals surface area contributed by atoms with Crippen molar-refractivity contribution in [3.05, 3.63) is 60.7 Å². The van der Waals surface area contributed by atoms with Crippen LogP contribution >= 0.6 is 30.5 Å². The van der Waals surface area contributed by atoms with E-state index in [1.54, 1.807) is 22.7 Å². The van der Waals surface area contributed by atoms with Crippen LogP contribution in [0.3, 0.4) is 0 Å². The van der Waals surface area contributed by atoms with E-state index in [0.29, 0.717) is 0 Å². The van der Waals surface area contributed by atoms with E-state index in [1.165, 1.54) is 20.2 Å². The standard InChI is InChI=1S/C16H10OPS2/c17-18(15-9-11-5-1-3-7-13(11)19-15)16-10-12-6-2-4-8-14(12)20-16/h1-10H/q+1. The van der Waals surface area contributed by atoms with Crippen LogP contribution in [0.15, 0.2) is 60.7 Å². The molecular weight excluding hydrogens is 303 g/mol. The molecule has 0 aliphatic carbocycles. The molecule has 0 unspecified atom stereocenters. The van der Waals surface area contributed by atoms with Crippen molar-refractivity contribution in [2.45, 2.75) is 0 Å². The zero-order valence-corrected chi connectivity index (χ0v) is 13.0. The van der Waals surface area contributed by atoms with Gasteiger partial charge in [-0.1, -0.05) is 63.6 Å². The van der Waals surface area contributed by atoms with Gasteiger partial charge in [0.05, 0.1) is 0 Å². The number of hydrogen-bond acceptors (Lipinski definition) is 3. The largest absolute Gasteiger partial charge is 0.437 e. The lowest BCUT2D eigenvalue weighted by atomic mass is 10.3. The van der Waals surface area contributed by atoms with Crippen molar-refractivity contribution in [1.82, 2.24) is 0 Å². The highest BCUT2D eigenvalue weighted by Gasteiger charge is 2.28. The van der Waals surface area contributed by atoms with Crippen molar-refractivity contribution in [2.75, 3.05) is 0 Å². The highest BCUT2D eigenvalue weighted by Crippen LogP contribution is 2.33. The Balaban J connectivity index is 1.82. The van der Waals surface area contributed by atoms with Crippen LogP contribution in [0.1, 0.15) is 0 Å². The van der Waals surface area contributed by atoms with Crippen LogP contribution in [0.2, 0.25) is 0 Å². The molecule has 0 atom stereocenters. The third kappa shape index (κ3) is 1.99. The van der Waals surface area contributed by atoms with E-state index in [0.717, 1.165) is 9.24 Å². The Bertz CT molecular complexity index is 794. The Hall–Kier alpha value is -1.54. The molecule has 2 heterocycles. The van der Waals surface area contributed by atoms with Crippen LogP contribution in [-0.4, -0.2) is 0 Å². The van der Waals surface area contributed by atoms with Crippen molar-refractivity contribution in [3.8, 4) is 0 Å². The maximum Gasteiger partial charge on any atom is 0.437 e. The van der Waals surface area contributed by atoms with Crippen LogP contribution in [-0.2, 0) is 4.57 Å². The average Bonchev–Trinajstić information content (AvgIpc) is 3.10. The van der Waals surface area contributed by atoms with Crippen LogP contribution in [0.4, 0.5) is 0 Å². The molecule has 0 aliphatic heterocycles. The summed E-state index contributed by atoms with van der Waals surface area (Å²) < 4.78 is 17.1. The van der Waals surface area contributed by atoms with Gasteiger partial charge in [-0.15, -0.1) is 0 Å². The number of rotatable bonds is 2. The quantitative estimate of drug-likeness (QED) is 0.481. The van der Waals surface area contributed by atoms with Crippen molar-refractivity contribution >= 4 is 59.9 Å². The highest BCUT2D eigenvalue weighted by atomic mass is 32.1. The molecule has 1 nitrogen and oxygen atoms in total. The van der Waals surface area contributed by atoms with E-state index in [2.05, 4.69) is 36.4 Å². The van der Waals surface area contributed by atoms with Gasteiger partial charge in [0.1, 0.15) is 0 Å². The van der Waals surface area contributed by atoms with Gasteiger partial charge in [-0.25, -0.2) is 0 Å². The summed E-state index contributed by atoms with van der Waals surface area (Å²) in [6.45, 7) is 0. The lowest BCUT2D eigenvalue weighted by molar-refractivity contribution is 0.598. The highest BCUT2D eigenvalue weighted by molar-refractivity contribution is 7.74. The second-order valence-corrected chi connectivity index (χ2v) is 8.86. The molecule has 2 aromatic carbocycles. The maximum atomic E-state index is 12.8. The van der Waals surface area contributed by atoms with Gasteiger partial charge in [0.2, 0.25) is 0 Å². The number of fused-ring (bicyclic) bond motifs is 2. The third-order valence-corrected chi connectivity index (χ3v) is 7.66. The summed E-state index contributed by atoms with van der Waals surface area (Å²) in [7, 11) is -1.48. The van der Waals surface area contributed by atoms with Gasteiger partial charge in [0.15, 0.2) is 0 Å². The second kappa shape index (κ2) is 4.78. The molecule has 20 heavy (non-hydrogen) atoms. The number of hydrogen-bond donors (Lipinski definition) is 0. The van der Waals surface area contributed by atoms with Crippen molar-refractivity contribution in [2.24, 2.45) is 0 Å². The average molecular weight is 313 g/mol. The van der Waals surface area contributed by atoms with E-state index < -0.39 is 7.80 Å². The fourth-order valence-electron chi connectivity index (χ4n) is 2.24. The SMILES string of the molecule is O=[P+](c1cc2ccccc2s1)c1cc2ccccc2s1. The first kappa shape index (κ1) is 12.2. The van der Waals surface area contributed by atoms with E-state index in [9.17, 15) is 4.57 Å². The van der Waals surface area contributed by atoms with E-state index in [4.69, 9.17) is 0 Å². The topological polar surface area (TPSA) is 17.1 Å². The fraction of sp³-hybridized carbons (Fsp3) is 0. The first-order valence-corrected chi connectivity index (χ1v) is 9.15. The van der Waals surface area contributed by atoms with Crippen molar-refractivity contribution in [1.29, 1.82) is 0 Å². The molecule has 96 valence electrons. The zero-order valence-electron chi connectivity index (χ0n) is 10.4. The van der Waals surface area contributed by atoms with Crippen molar-refractivity contribution in [3.63, 3.8) is 0 Å². The third-order valence-electron chi connectivity index (χ3n) is 3.23. The summed E-state index contributed by atoms with van der Waals surface area (Å²) in [5.74, 6) is 0. The molecule has 0 fully saturated rings. The summed E-state index contributed by atoms with van der Waals surface area (Å²) in [5.41, 5.74) is 0. The van der Waals surface area contributed by atoms with Crippen LogP contribution in [0.25, 0.3) is 20.2 Å². The molecule has 0 radical (unpaired) electrons. The van der Waals surface area contributed by atoms with Crippen molar-refractivity contribution < 1.29 is 4.57 Å². The fourth-order valence-corrected chi connectivity index (χ4v) is 6.60. The Kier molecular flexibility index (Phi) is 2.92. The first-order valence-electron chi connectivity index (χ1n) is 6.26. The minimum Gasteiger partial charge on any atom is -0.0874 e. The van der Waals surface area contributed by atoms with E-state index >= 15 is 0 Å². The molecule has 4 aromatic rings. The lowest BCUT2D eigenvalue weighted by Crippen LogP contribution is -1.97. The minimum atomic E-state index is -1.48. The second-order valence-electron chi connectivity index (χ2n) is 4.54. The molecule has 0 spiro atoms. The molecule has 0 N–H and O–H groups in total. The predicted molar refractivity (Wildman–Crippen MR) is 90.5 cm³/mol. The van der Waals surface area contributed by atoms with Gasteiger partial charge >= 0.3 is 7.80 Å². The smallest absolute Gasteiger partial charge is 0.0874 e. The van der Waals surface area contributed by atoms with Gasteiger partial charge in [0, 0.05) is 21.5 Å². The molecule has 4 rings (SSSR count). The van der Waals surface area contributed by atoms with E-state index in [-0.39, 0.29) is 0 Å². The van der Waals surface area contributed by atoms with Gasteiger partial charge in [0.25, 0.3) is 9.24 Å². The predicted octanol–water partition coefficient (Wildman–Crippen LogP) is 4.89. The Labute approximate surface area is 125 Å². The van der Waals surface area contributed by atoms with Crippen LogP contribution < -0.4 is 9.24 Å². The summed E-state index contributed by atoms with van der Waals surface area (Å²) in [5, 5.41) is 2.36. The molecule has 2 aromatic heterocycles. The summed E-state index contributed by atoms with van der Waals surface area (Å²) in [6.07, 6.45) is 0. The monoisotopic (exact) mass is 313 g/mol. The summed E-state index contributed by atoms with van der Waals surface area (Å²) in [6, 6.07) is 20.5. The zero-order chi connectivity index (χ0) is 13.5. The lowest BCUT2D eigenvalue weighted by Gasteiger charge is -1.81. The Morgan fingerprint density at radius 2 is 1.15 bits per heavy atom. The van der Waals surface area contributed by atoms with Crippen LogP contribution in [0, 0.1) is 0 Å². The molecule has 0 bridgehead atoms. The van der Waals surface area contributed by atoms with Gasteiger partial charge in [-0.05, 0) is 22.9 Å². The van der Waals surface area contributed by atoms with Gasteiger partial charge in [-0.3, -0.25) is 0 Å². The molecule has 0 amide bonds. The molecule has 0 saturated carbocycles. The van der Waals surface area contributed by atoms with E-state index in [1.807, 2.05) is 24.3 Å². The summed E-state index contributed by atoms with van der Waals surface area (Å²) >= 11 is 3.27. The van der Waals surface area contributed by atoms with Gasteiger partial charge < -0.3 is 0 Å². The minimum absolute atomic E-state index is 0.966. The molecule has 0 aliphatic rings. The number of thiophene rings is 2. The first-order chi connectivity index (χ1) is 9.81. The molecule has 0 saturated heterocycles.